The fourth-order valence-electron chi connectivity index (χ4n) is 2.17. The summed E-state index contributed by atoms with van der Waals surface area (Å²) in [4.78, 5) is 0. The minimum absolute atomic E-state index is 0.140. The van der Waals surface area contributed by atoms with Gasteiger partial charge in [0.2, 0.25) is 10.0 Å². The lowest BCUT2D eigenvalue weighted by Crippen LogP contribution is -2.36. The summed E-state index contributed by atoms with van der Waals surface area (Å²) in [5, 5.41) is 10.8. The van der Waals surface area contributed by atoms with Crippen molar-refractivity contribution in [2.75, 3.05) is 13.2 Å². The minimum Gasteiger partial charge on any atom is -0.395 e. The van der Waals surface area contributed by atoms with Crippen molar-refractivity contribution in [1.82, 2.24) is 4.31 Å². The van der Waals surface area contributed by atoms with Gasteiger partial charge in [0.05, 0.1) is 6.61 Å². The van der Waals surface area contributed by atoms with Crippen molar-refractivity contribution in [3.05, 3.63) is 40.3 Å². The lowest BCUT2D eigenvalue weighted by atomic mass is 10.2. The monoisotopic (exact) mass is 301 g/mol. The highest BCUT2D eigenvalue weighted by Gasteiger charge is 2.31. The van der Waals surface area contributed by atoms with Crippen LogP contribution in [0.5, 0.6) is 0 Å². The Bertz CT molecular complexity index is 571. The number of aliphatic hydroxyl groups is 1. The molecule has 1 aromatic rings. The molecular formula is C13H16ClNO3S. The maximum atomic E-state index is 12.2. The molecule has 1 N–H and O–H groups in total. The minimum atomic E-state index is -3.50. The predicted molar refractivity (Wildman–Crippen MR) is 76.2 cm³/mol. The first-order chi connectivity index (χ1) is 9.04. The van der Waals surface area contributed by atoms with Gasteiger partial charge in [0.15, 0.2) is 0 Å². The van der Waals surface area contributed by atoms with Gasteiger partial charge in [-0.2, -0.15) is 4.31 Å². The topological polar surface area (TPSA) is 57.6 Å². The normalized spacial score (nSPS) is 21.3. The van der Waals surface area contributed by atoms with E-state index in [1.54, 1.807) is 24.3 Å². The van der Waals surface area contributed by atoms with Gasteiger partial charge in [0, 0.05) is 23.0 Å². The van der Waals surface area contributed by atoms with Gasteiger partial charge in [-0.1, -0.05) is 29.8 Å². The van der Waals surface area contributed by atoms with Crippen LogP contribution in [0.4, 0.5) is 0 Å². The number of hydrogen-bond donors (Lipinski definition) is 1. The number of aliphatic hydroxyl groups excluding tert-OH is 1. The number of sulfonamides is 1. The average Bonchev–Trinajstić information content (AvgIpc) is 2.87. The summed E-state index contributed by atoms with van der Waals surface area (Å²) in [5.41, 5.74) is 0.660. The molecule has 0 aromatic heterocycles. The molecule has 1 atom stereocenters. The third-order valence-electron chi connectivity index (χ3n) is 3.19. The number of hydrogen-bond acceptors (Lipinski definition) is 3. The van der Waals surface area contributed by atoms with Gasteiger partial charge in [-0.25, -0.2) is 8.42 Å². The molecule has 1 saturated heterocycles. The van der Waals surface area contributed by atoms with Crippen LogP contribution in [-0.2, 0) is 10.0 Å². The molecule has 0 radical (unpaired) electrons. The van der Waals surface area contributed by atoms with Crippen molar-refractivity contribution in [1.29, 1.82) is 0 Å². The molecule has 0 unspecified atom stereocenters. The Balaban J connectivity index is 2.20. The van der Waals surface area contributed by atoms with E-state index in [9.17, 15) is 13.5 Å². The molecule has 19 heavy (non-hydrogen) atoms. The highest BCUT2D eigenvalue weighted by atomic mass is 35.5. The molecule has 6 heteroatoms. The molecule has 0 amide bonds. The highest BCUT2D eigenvalue weighted by molar-refractivity contribution is 7.92. The fourth-order valence-corrected chi connectivity index (χ4v) is 3.82. The van der Waals surface area contributed by atoms with Crippen molar-refractivity contribution >= 4 is 27.7 Å². The van der Waals surface area contributed by atoms with Crippen LogP contribution in [0.2, 0.25) is 5.02 Å². The Morgan fingerprint density at radius 2 is 2.16 bits per heavy atom. The lowest BCUT2D eigenvalue weighted by molar-refractivity contribution is 0.214. The molecule has 1 aliphatic rings. The van der Waals surface area contributed by atoms with Gasteiger partial charge in [0.1, 0.15) is 0 Å². The largest absolute Gasteiger partial charge is 0.395 e. The summed E-state index contributed by atoms with van der Waals surface area (Å²) in [5.74, 6) is 0. The summed E-state index contributed by atoms with van der Waals surface area (Å²) < 4.78 is 25.7. The second-order valence-corrected chi connectivity index (χ2v) is 6.64. The van der Waals surface area contributed by atoms with E-state index < -0.39 is 10.0 Å². The number of rotatable bonds is 4. The Morgan fingerprint density at radius 3 is 2.84 bits per heavy atom. The van der Waals surface area contributed by atoms with Crippen LogP contribution >= 0.6 is 11.6 Å². The van der Waals surface area contributed by atoms with Gasteiger partial charge in [-0.15, -0.1) is 0 Å². The van der Waals surface area contributed by atoms with E-state index in [2.05, 4.69) is 0 Å². The third kappa shape index (κ3) is 3.36. The Morgan fingerprint density at radius 1 is 1.42 bits per heavy atom. The molecular weight excluding hydrogens is 286 g/mol. The first-order valence-electron chi connectivity index (χ1n) is 6.10. The standard InChI is InChI=1S/C13H16ClNO3S/c14-13-6-2-1-4-11(13)7-9-19(17,18)15-8-3-5-12(15)10-16/h1-2,4,6-7,9,12,16H,3,5,8,10H2/b9-7+/t12-/m1/s1. The van der Waals surface area contributed by atoms with E-state index >= 15 is 0 Å². The molecule has 0 aliphatic carbocycles. The van der Waals surface area contributed by atoms with Crippen LogP contribution in [0.3, 0.4) is 0 Å². The van der Waals surface area contributed by atoms with Crippen molar-refractivity contribution in [3.63, 3.8) is 0 Å². The molecule has 1 aromatic carbocycles. The zero-order valence-electron chi connectivity index (χ0n) is 10.4. The van der Waals surface area contributed by atoms with Crippen molar-refractivity contribution < 1.29 is 13.5 Å². The second kappa shape index (κ2) is 6.05. The zero-order valence-corrected chi connectivity index (χ0v) is 11.9. The molecule has 1 fully saturated rings. The fraction of sp³-hybridized carbons (Fsp3) is 0.385. The molecule has 104 valence electrons. The van der Waals surface area contributed by atoms with Gasteiger partial charge >= 0.3 is 0 Å². The molecule has 1 heterocycles. The SMILES string of the molecule is O=S(=O)(/C=C/c1ccccc1Cl)N1CCC[C@@H]1CO. The van der Waals surface area contributed by atoms with E-state index in [4.69, 9.17) is 11.6 Å². The Kier molecular flexibility index (Phi) is 4.62. The first-order valence-corrected chi connectivity index (χ1v) is 7.98. The Labute approximate surface area is 118 Å². The van der Waals surface area contributed by atoms with E-state index in [1.807, 2.05) is 0 Å². The van der Waals surface area contributed by atoms with Crippen LogP contribution in [-0.4, -0.2) is 37.0 Å². The molecule has 0 spiro atoms. The van der Waals surface area contributed by atoms with Gasteiger partial charge in [-0.05, 0) is 30.5 Å². The number of nitrogens with zero attached hydrogens (tertiary/aromatic N) is 1. The van der Waals surface area contributed by atoms with Gasteiger partial charge < -0.3 is 5.11 Å². The van der Waals surface area contributed by atoms with Crippen LogP contribution in [0, 0.1) is 0 Å². The average molecular weight is 302 g/mol. The maximum absolute atomic E-state index is 12.2. The lowest BCUT2D eigenvalue weighted by Gasteiger charge is -2.20. The molecule has 4 nitrogen and oxygen atoms in total. The first kappa shape index (κ1) is 14.5. The van der Waals surface area contributed by atoms with Crippen LogP contribution < -0.4 is 0 Å². The summed E-state index contributed by atoms with van der Waals surface area (Å²) in [6.07, 6.45) is 2.98. The van der Waals surface area contributed by atoms with Gasteiger partial charge in [-0.3, -0.25) is 0 Å². The summed E-state index contributed by atoms with van der Waals surface area (Å²) in [7, 11) is -3.50. The van der Waals surface area contributed by atoms with Crippen LogP contribution in [0.1, 0.15) is 18.4 Å². The quantitative estimate of drug-likeness (QED) is 0.926. The van der Waals surface area contributed by atoms with Crippen molar-refractivity contribution in [3.8, 4) is 0 Å². The van der Waals surface area contributed by atoms with E-state index in [-0.39, 0.29) is 12.6 Å². The third-order valence-corrected chi connectivity index (χ3v) is 5.14. The van der Waals surface area contributed by atoms with Crippen LogP contribution in [0.15, 0.2) is 29.7 Å². The number of halogens is 1. The van der Waals surface area contributed by atoms with Crippen molar-refractivity contribution in [2.45, 2.75) is 18.9 Å². The summed E-state index contributed by atoms with van der Waals surface area (Å²) in [6.45, 7) is 0.319. The van der Waals surface area contributed by atoms with E-state index in [0.717, 1.165) is 11.8 Å². The number of benzene rings is 1. The molecule has 2 rings (SSSR count). The highest BCUT2D eigenvalue weighted by Crippen LogP contribution is 2.23. The Hall–Kier alpha value is -0.880. The summed E-state index contributed by atoms with van der Waals surface area (Å²) >= 11 is 5.97. The maximum Gasteiger partial charge on any atom is 0.236 e. The summed E-state index contributed by atoms with van der Waals surface area (Å²) in [6, 6.07) is 6.74. The van der Waals surface area contributed by atoms with Crippen molar-refractivity contribution in [2.24, 2.45) is 0 Å². The smallest absolute Gasteiger partial charge is 0.236 e. The van der Waals surface area contributed by atoms with Gasteiger partial charge in [0.25, 0.3) is 0 Å². The molecule has 0 saturated carbocycles. The zero-order chi connectivity index (χ0) is 13.9. The van der Waals surface area contributed by atoms with Crippen LogP contribution in [0.25, 0.3) is 6.08 Å². The molecule has 0 bridgehead atoms. The second-order valence-electron chi connectivity index (χ2n) is 4.46. The van der Waals surface area contributed by atoms with E-state index in [0.29, 0.717) is 23.6 Å². The molecule has 1 aliphatic heterocycles. The van der Waals surface area contributed by atoms with E-state index in [1.165, 1.54) is 10.4 Å². The predicted octanol–water partition coefficient (Wildman–Crippen LogP) is 2.10.